The Morgan fingerprint density at radius 1 is 1.19 bits per heavy atom. The number of benzene rings is 1. The lowest BCUT2D eigenvalue weighted by molar-refractivity contribution is -0.137. The number of halogens is 3. The maximum Gasteiger partial charge on any atom is 0.416 e. The molecular weight excluding hydrogens is 367 g/mol. The minimum atomic E-state index is -4.39. The van der Waals surface area contributed by atoms with E-state index in [0.29, 0.717) is 33.7 Å². The molecule has 1 N–H and O–H groups in total. The Bertz CT molecular complexity index is 930. The van der Waals surface area contributed by atoms with Gasteiger partial charge < -0.3 is 9.73 Å². The highest BCUT2D eigenvalue weighted by molar-refractivity contribution is 7.14. The SMILES string of the molecule is Cc1nc(C)c(-c2csc(NC(=O)Cc3ccc(C(F)(F)F)cc3)n2)o1. The van der Waals surface area contributed by atoms with Crippen molar-refractivity contribution in [2.75, 3.05) is 5.32 Å². The van der Waals surface area contributed by atoms with Crippen LogP contribution in [-0.4, -0.2) is 15.9 Å². The molecule has 0 saturated heterocycles. The quantitative estimate of drug-likeness (QED) is 0.716. The molecule has 0 aliphatic heterocycles. The van der Waals surface area contributed by atoms with E-state index in [1.807, 2.05) is 0 Å². The number of nitrogens with zero attached hydrogens (tertiary/aromatic N) is 2. The van der Waals surface area contributed by atoms with Crippen molar-refractivity contribution in [3.63, 3.8) is 0 Å². The minimum absolute atomic E-state index is 0.0481. The summed E-state index contributed by atoms with van der Waals surface area (Å²) in [5.41, 5.74) is 1.01. The van der Waals surface area contributed by atoms with E-state index in [1.165, 1.54) is 23.5 Å². The van der Waals surface area contributed by atoms with Crippen LogP contribution in [0.1, 0.15) is 22.7 Å². The molecule has 5 nitrogen and oxygen atoms in total. The highest BCUT2D eigenvalue weighted by Crippen LogP contribution is 2.30. The van der Waals surface area contributed by atoms with E-state index in [1.54, 1.807) is 19.2 Å². The summed E-state index contributed by atoms with van der Waals surface area (Å²) in [6, 6.07) is 4.49. The maximum absolute atomic E-state index is 12.5. The Kier molecular flexibility index (Phi) is 4.82. The molecule has 2 aromatic heterocycles. The molecule has 0 radical (unpaired) electrons. The first kappa shape index (κ1) is 18.1. The van der Waals surface area contributed by atoms with Gasteiger partial charge in [-0.25, -0.2) is 9.97 Å². The second-order valence-corrected chi connectivity index (χ2v) is 6.46. The van der Waals surface area contributed by atoms with E-state index in [4.69, 9.17) is 4.42 Å². The zero-order valence-electron chi connectivity index (χ0n) is 13.8. The maximum atomic E-state index is 12.5. The number of aromatic nitrogens is 2. The first-order chi connectivity index (χ1) is 12.2. The van der Waals surface area contributed by atoms with E-state index < -0.39 is 11.7 Å². The smallest absolute Gasteiger partial charge is 0.416 e. The van der Waals surface area contributed by atoms with Crippen molar-refractivity contribution in [3.8, 4) is 11.5 Å². The standard InChI is InChI=1S/C17H14F3N3O2S/c1-9-15(25-10(2)21-9)13-8-26-16(22-13)23-14(24)7-11-3-5-12(6-4-11)17(18,19)20/h3-6,8H,7H2,1-2H3,(H,22,23,24). The molecule has 3 aromatic rings. The summed E-state index contributed by atoms with van der Waals surface area (Å²) in [6.07, 6.45) is -4.44. The number of anilines is 1. The van der Waals surface area contributed by atoms with Crippen LogP contribution >= 0.6 is 11.3 Å². The summed E-state index contributed by atoms with van der Waals surface area (Å²) in [5, 5.41) is 4.75. The van der Waals surface area contributed by atoms with E-state index in [0.717, 1.165) is 12.1 Å². The van der Waals surface area contributed by atoms with Crippen molar-refractivity contribution < 1.29 is 22.4 Å². The fraction of sp³-hybridized carbons (Fsp3) is 0.235. The van der Waals surface area contributed by atoms with Crippen molar-refractivity contribution >= 4 is 22.4 Å². The third-order valence-electron chi connectivity index (χ3n) is 3.53. The lowest BCUT2D eigenvalue weighted by Gasteiger charge is -2.07. The Balaban J connectivity index is 1.65. The van der Waals surface area contributed by atoms with Gasteiger partial charge in [0.15, 0.2) is 16.8 Å². The number of hydrogen-bond acceptors (Lipinski definition) is 5. The van der Waals surface area contributed by atoms with Crippen LogP contribution < -0.4 is 5.32 Å². The summed E-state index contributed by atoms with van der Waals surface area (Å²) >= 11 is 1.23. The lowest BCUT2D eigenvalue weighted by atomic mass is 10.1. The molecule has 1 amide bonds. The molecule has 0 saturated carbocycles. The average Bonchev–Trinajstić information content (AvgIpc) is 3.12. The first-order valence-electron chi connectivity index (χ1n) is 7.58. The Labute approximate surface area is 150 Å². The second-order valence-electron chi connectivity index (χ2n) is 5.60. The molecule has 2 heterocycles. The van der Waals surface area contributed by atoms with Gasteiger partial charge >= 0.3 is 6.18 Å². The molecule has 0 unspecified atom stereocenters. The van der Waals surface area contributed by atoms with Gasteiger partial charge in [-0.2, -0.15) is 13.2 Å². The fourth-order valence-corrected chi connectivity index (χ4v) is 3.07. The predicted octanol–water partition coefficient (Wildman–Crippen LogP) is 4.61. The Morgan fingerprint density at radius 3 is 2.46 bits per heavy atom. The molecule has 0 atom stereocenters. The second kappa shape index (κ2) is 6.91. The number of thiazole rings is 1. The van der Waals surface area contributed by atoms with Crippen LogP contribution in [0.3, 0.4) is 0 Å². The summed E-state index contributed by atoms with van der Waals surface area (Å²) in [5.74, 6) is 0.705. The normalized spacial score (nSPS) is 11.6. The summed E-state index contributed by atoms with van der Waals surface area (Å²) in [4.78, 5) is 20.5. The van der Waals surface area contributed by atoms with Gasteiger partial charge in [0.25, 0.3) is 0 Å². The minimum Gasteiger partial charge on any atom is -0.439 e. The first-order valence-corrected chi connectivity index (χ1v) is 8.46. The van der Waals surface area contributed by atoms with E-state index >= 15 is 0 Å². The van der Waals surface area contributed by atoms with Crippen molar-refractivity contribution in [2.45, 2.75) is 26.4 Å². The number of rotatable bonds is 4. The van der Waals surface area contributed by atoms with Crippen molar-refractivity contribution in [1.82, 2.24) is 9.97 Å². The molecule has 0 bridgehead atoms. The van der Waals surface area contributed by atoms with Crippen molar-refractivity contribution in [1.29, 1.82) is 0 Å². The van der Waals surface area contributed by atoms with Gasteiger partial charge in [0, 0.05) is 12.3 Å². The van der Waals surface area contributed by atoms with Crippen molar-refractivity contribution in [3.05, 3.63) is 52.4 Å². The molecule has 0 spiro atoms. The number of alkyl halides is 3. The molecular formula is C17H14F3N3O2S. The number of aryl methyl sites for hydroxylation is 2. The molecule has 0 aliphatic rings. The van der Waals surface area contributed by atoms with Gasteiger partial charge in [-0.3, -0.25) is 4.79 Å². The molecule has 0 aliphatic carbocycles. The molecule has 3 rings (SSSR count). The number of amides is 1. The molecule has 26 heavy (non-hydrogen) atoms. The topological polar surface area (TPSA) is 68.0 Å². The van der Waals surface area contributed by atoms with Crippen LogP contribution in [0.15, 0.2) is 34.1 Å². The Hall–Kier alpha value is -2.68. The van der Waals surface area contributed by atoms with Crippen LogP contribution in [0.5, 0.6) is 0 Å². The number of oxazole rings is 1. The Morgan fingerprint density at radius 2 is 1.88 bits per heavy atom. The van der Waals surface area contributed by atoms with E-state index in [-0.39, 0.29) is 12.3 Å². The van der Waals surface area contributed by atoms with Crippen LogP contribution in [0.25, 0.3) is 11.5 Å². The highest BCUT2D eigenvalue weighted by Gasteiger charge is 2.30. The largest absolute Gasteiger partial charge is 0.439 e. The molecule has 0 fully saturated rings. The monoisotopic (exact) mass is 381 g/mol. The molecule has 136 valence electrons. The summed E-state index contributed by atoms with van der Waals surface area (Å²) < 4.78 is 43.1. The third-order valence-corrected chi connectivity index (χ3v) is 4.29. The highest BCUT2D eigenvalue weighted by atomic mass is 32.1. The van der Waals surface area contributed by atoms with E-state index in [9.17, 15) is 18.0 Å². The van der Waals surface area contributed by atoms with Gasteiger partial charge in [-0.05, 0) is 24.6 Å². The summed E-state index contributed by atoms with van der Waals surface area (Å²) in [7, 11) is 0. The van der Waals surface area contributed by atoms with Crippen LogP contribution in [0.2, 0.25) is 0 Å². The number of carbonyl (C=O) groups is 1. The van der Waals surface area contributed by atoms with Crippen LogP contribution in [0.4, 0.5) is 18.3 Å². The van der Waals surface area contributed by atoms with Gasteiger partial charge in [-0.15, -0.1) is 11.3 Å². The number of nitrogens with one attached hydrogen (secondary N) is 1. The lowest BCUT2D eigenvalue weighted by Crippen LogP contribution is -2.14. The molecule has 9 heteroatoms. The van der Waals surface area contributed by atoms with Gasteiger partial charge in [0.1, 0.15) is 5.69 Å². The van der Waals surface area contributed by atoms with Gasteiger partial charge in [0.2, 0.25) is 5.91 Å². The van der Waals surface area contributed by atoms with Crippen LogP contribution in [0, 0.1) is 13.8 Å². The number of carbonyl (C=O) groups excluding carboxylic acids is 1. The average molecular weight is 381 g/mol. The van der Waals surface area contributed by atoms with Crippen LogP contribution in [-0.2, 0) is 17.4 Å². The van der Waals surface area contributed by atoms with Crippen molar-refractivity contribution in [2.24, 2.45) is 0 Å². The third kappa shape index (κ3) is 4.10. The summed E-state index contributed by atoms with van der Waals surface area (Å²) in [6.45, 7) is 3.53. The van der Waals surface area contributed by atoms with Gasteiger partial charge in [-0.1, -0.05) is 12.1 Å². The number of hydrogen-bond donors (Lipinski definition) is 1. The molecule has 1 aromatic carbocycles. The van der Waals surface area contributed by atoms with E-state index in [2.05, 4.69) is 15.3 Å². The predicted molar refractivity (Wildman–Crippen MR) is 90.9 cm³/mol. The fourth-order valence-electron chi connectivity index (χ4n) is 2.36. The van der Waals surface area contributed by atoms with Gasteiger partial charge in [0.05, 0.1) is 17.7 Å². The zero-order valence-corrected chi connectivity index (χ0v) is 14.7. The zero-order chi connectivity index (χ0) is 18.9.